The molecule has 0 radical (unpaired) electrons. The molecule has 0 aliphatic carbocycles. The molecule has 19 heavy (non-hydrogen) atoms. The smallest absolute Gasteiger partial charge is 0.255 e. The van der Waals surface area contributed by atoms with Gasteiger partial charge in [0.1, 0.15) is 5.75 Å². The summed E-state index contributed by atoms with van der Waals surface area (Å²) in [6.45, 7) is 3.93. The summed E-state index contributed by atoms with van der Waals surface area (Å²) >= 11 is 0. The largest absolute Gasteiger partial charge is 0.491 e. The molecule has 0 aliphatic rings. The van der Waals surface area contributed by atoms with E-state index in [-0.39, 0.29) is 18.1 Å². The van der Waals surface area contributed by atoms with Crippen molar-refractivity contribution in [1.29, 1.82) is 5.26 Å². The van der Waals surface area contributed by atoms with Gasteiger partial charge in [-0.2, -0.15) is 5.26 Å². The molecule has 0 unspecified atom stereocenters. The summed E-state index contributed by atoms with van der Waals surface area (Å²) in [5.41, 5.74) is 1.23. The highest BCUT2D eigenvalue weighted by molar-refractivity contribution is 5.81. The number of nitriles is 1. The Labute approximate surface area is 111 Å². The lowest BCUT2D eigenvalue weighted by molar-refractivity contribution is 0.243. The molecule has 2 aromatic rings. The van der Waals surface area contributed by atoms with Gasteiger partial charge < -0.3 is 9.30 Å². The zero-order chi connectivity index (χ0) is 14.0. The lowest BCUT2D eigenvalue weighted by atomic mass is 10.1. The van der Waals surface area contributed by atoms with E-state index in [0.29, 0.717) is 5.56 Å². The Morgan fingerprint density at radius 3 is 2.74 bits per heavy atom. The van der Waals surface area contributed by atoms with Crippen LogP contribution >= 0.6 is 0 Å². The van der Waals surface area contributed by atoms with Gasteiger partial charge >= 0.3 is 0 Å². The molecule has 0 saturated carbocycles. The first-order valence-corrected chi connectivity index (χ1v) is 6.19. The molecule has 0 aliphatic heterocycles. The third kappa shape index (κ3) is 2.60. The molecule has 4 heteroatoms. The van der Waals surface area contributed by atoms with Crippen LogP contribution < -0.4 is 10.3 Å². The van der Waals surface area contributed by atoms with Crippen molar-refractivity contribution in [2.45, 2.75) is 26.4 Å². The summed E-state index contributed by atoms with van der Waals surface area (Å²) in [6, 6.07) is 9.41. The Bertz CT molecular complexity index is 708. The summed E-state index contributed by atoms with van der Waals surface area (Å²) in [5, 5.41) is 9.67. The van der Waals surface area contributed by atoms with Crippen molar-refractivity contribution < 1.29 is 4.74 Å². The van der Waals surface area contributed by atoms with Crippen LogP contribution in [0.2, 0.25) is 0 Å². The van der Waals surface area contributed by atoms with E-state index in [9.17, 15) is 4.79 Å². The van der Waals surface area contributed by atoms with Crippen LogP contribution in [-0.2, 0) is 13.5 Å². The quantitative estimate of drug-likeness (QED) is 0.847. The van der Waals surface area contributed by atoms with Crippen LogP contribution in [0.3, 0.4) is 0 Å². The van der Waals surface area contributed by atoms with Crippen LogP contribution in [0.15, 0.2) is 29.1 Å². The topological polar surface area (TPSA) is 55.0 Å². The SMILES string of the molecule is CC(C)Oc1ccc2c(c1)cc(CC#N)c(=O)n2C. The number of hydrogen-bond donors (Lipinski definition) is 0. The maximum Gasteiger partial charge on any atom is 0.255 e. The van der Waals surface area contributed by atoms with Crippen molar-refractivity contribution in [1.82, 2.24) is 4.57 Å². The van der Waals surface area contributed by atoms with Crippen molar-refractivity contribution in [3.05, 3.63) is 40.2 Å². The minimum atomic E-state index is -0.119. The second-order valence-electron chi connectivity index (χ2n) is 4.76. The maximum atomic E-state index is 12.0. The molecule has 0 amide bonds. The van der Waals surface area contributed by atoms with Crippen LogP contribution in [0.5, 0.6) is 5.75 Å². The highest BCUT2D eigenvalue weighted by atomic mass is 16.5. The highest BCUT2D eigenvalue weighted by Crippen LogP contribution is 2.21. The summed E-state index contributed by atoms with van der Waals surface area (Å²) in [7, 11) is 1.72. The molecule has 1 aromatic heterocycles. The van der Waals surface area contributed by atoms with Crippen molar-refractivity contribution >= 4 is 10.9 Å². The predicted octanol–water partition coefficient (Wildman–Crippen LogP) is 2.39. The summed E-state index contributed by atoms with van der Waals surface area (Å²) < 4.78 is 7.21. The molecule has 0 atom stereocenters. The first-order valence-electron chi connectivity index (χ1n) is 6.19. The Balaban J connectivity index is 2.62. The van der Waals surface area contributed by atoms with Gasteiger partial charge in [-0.3, -0.25) is 4.79 Å². The molecular formula is C15H16N2O2. The lowest BCUT2D eigenvalue weighted by Crippen LogP contribution is -2.21. The molecule has 1 aromatic carbocycles. The fourth-order valence-electron chi connectivity index (χ4n) is 2.09. The molecular weight excluding hydrogens is 240 g/mol. The molecule has 0 bridgehead atoms. The van der Waals surface area contributed by atoms with Crippen LogP contribution in [0.4, 0.5) is 0 Å². The zero-order valence-electron chi connectivity index (χ0n) is 11.3. The van der Waals surface area contributed by atoms with Crippen LogP contribution in [-0.4, -0.2) is 10.7 Å². The van der Waals surface area contributed by atoms with Gasteiger partial charge in [0.2, 0.25) is 0 Å². The minimum absolute atomic E-state index is 0.101. The number of benzene rings is 1. The van der Waals surface area contributed by atoms with E-state index in [4.69, 9.17) is 10.00 Å². The Morgan fingerprint density at radius 1 is 1.37 bits per heavy atom. The van der Waals surface area contributed by atoms with Crippen LogP contribution in [0, 0.1) is 11.3 Å². The van der Waals surface area contributed by atoms with Gasteiger partial charge in [-0.25, -0.2) is 0 Å². The molecule has 1 heterocycles. The van der Waals surface area contributed by atoms with Gasteiger partial charge in [-0.05, 0) is 38.1 Å². The summed E-state index contributed by atoms with van der Waals surface area (Å²) in [5.74, 6) is 0.768. The number of aryl methyl sites for hydroxylation is 1. The van der Waals surface area contributed by atoms with E-state index in [1.807, 2.05) is 38.1 Å². The molecule has 4 nitrogen and oxygen atoms in total. The van der Waals surface area contributed by atoms with Crippen molar-refractivity contribution in [3.8, 4) is 11.8 Å². The molecule has 0 saturated heterocycles. The van der Waals surface area contributed by atoms with E-state index in [0.717, 1.165) is 16.7 Å². The second kappa shape index (κ2) is 5.15. The van der Waals surface area contributed by atoms with Gasteiger partial charge in [-0.1, -0.05) is 0 Å². The standard InChI is InChI=1S/C15H16N2O2/c1-10(2)19-13-4-5-14-12(9-13)8-11(6-7-16)15(18)17(14)3/h4-5,8-10H,6H2,1-3H3. The Hall–Kier alpha value is -2.28. The predicted molar refractivity (Wildman–Crippen MR) is 74.3 cm³/mol. The fraction of sp³-hybridized carbons (Fsp3) is 0.333. The number of fused-ring (bicyclic) bond motifs is 1. The van der Waals surface area contributed by atoms with Crippen molar-refractivity contribution in [2.75, 3.05) is 0 Å². The number of aromatic nitrogens is 1. The molecule has 0 spiro atoms. The molecule has 98 valence electrons. The normalized spacial score (nSPS) is 10.7. The van der Waals surface area contributed by atoms with Gasteiger partial charge in [0.15, 0.2) is 0 Å². The van der Waals surface area contributed by atoms with E-state index >= 15 is 0 Å². The third-order valence-corrected chi connectivity index (χ3v) is 2.91. The average molecular weight is 256 g/mol. The van der Waals surface area contributed by atoms with E-state index in [1.165, 1.54) is 0 Å². The number of ether oxygens (including phenoxy) is 1. The number of rotatable bonds is 3. The first-order chi connectivity index (χ1) is 9.02. The van der Waals surface area contributed by atoms with Gasteiger partial charge in [0, 0.05) is 18.0 Å². The van der Waals surface area contributed by atoms with Gasteiger partial charge in [-0.15, -0.1) is 0 Å². The van der Waals surface area contributed by atoms with Gasteiger partial charge in [0.25, 0.3) is 5.56 Å². The summed E-state index contributed by atoms with van der Waals surface area (Å²) in [6.07, 6.45) is 0.223. The Kier molecular flexibility index (Phi) is 3.57. The van der Waals surface area contributed by atoms with Crippen molar-refractivity contribution in [3.63, 3.8) is 0 Å². The van der Waals surface area contributed by atoms with E-state index in [2.05, 4.69) is 0 Å². The molecule has 0 fully saturated rings. The maximum absolute atomic E-state index is 12.0. The lowest BCUT2D eigenvalue weighted by Gasteiger charge is -2.12. The van der Waals surface area contributed by atoms with Crippen LogP contribution in [0.1, 0.15) is 19.4 Å². The van der Waals surface area contributed by atoms with Crippen LogP contribution in [0.25, 0.3) is 10.9 Å². The fourth-order valence-corrected chi connectivity index (χ4v) is 2.09. The van der Waals surface area contributed by atoms with Gasteiger partial charge in [0.05, 0.1) is 24.1 Å². The van der Waals surface area contributed by atoms with E-state index < -0.39 is 0 Å². The minimum Gasteiger partial charge on any atom is -0.491 e. The Morgan fingerprint density at radius 2 is 2.11 bits per heavy atom. The number of pyridine rings is 1. The first kappa shape index (κ1) is 13.2. The third-order valence-electron chi connectivity index (χ3n) is 2.91. The average Bonchev–Trinajstić information content (AvgIpc) is 2.35. The monoisotopic (exact) mass is 256 g/mol. The van der Waals surface area contributed by atoms with Crippen molar-refractivity contribution in [2.24, 2.45) is 7.05 Å². The molecule has 2 rings (SSSR count). The number of nitrogens with zero attached hydrogens (tertiary/aromatic N) is 2. The summed E-state index contributed by atoms with van der Waals surface area (Å²) in [4.78, 5) is 12.0. The zero-order valence-corrected chi connectivity index (χ0v) is 11.3. The molecule has 0 N–H and O–H groups in total. The second-order valence-corrected chi connectivity index (χ2v) is 4.76. The number of hydrogen-bond acceptors (Lipinski definition) is 3. The van der Waals surface area contributed by atoms with E-state index in [1.54, 1.807) is 17.7 Å². The highest BCUT2D eigenvalue weighted by Gasteiger charge is 2.08.